The number of aliphatic hydroxyl groups excluding tert-OH is 1. The first kappa shape index (κ1) is 13.6. The molecule has 2 rings (SSSR count). The van der Waals surface area contributed by atoms with Gasteiger partial charge in [0.05, 0.1) is 0 Å². The highest BCUT2D eigenvalue weighted by atomic mass is 16.3. The summed E-state index contributed by atoms with van der Waals surface area (Å²) in [6.07, 6.45) is 5.78. The van der Waals surface area contributed by atoms with Crippen LogP contribution >= 0.6 is 0 Å². The van der Waals surface area contributed by atoms with E-state index in [1.54, 1.807) is 0 Å². The van der Waals surface area contributed by atoms with Crippen molar-refractivity contribution in [1.29, 1.82) is 0 Å². The molecule has 0 radical (unpaired) electrons. The van der Waals surface area contributed by atoms with Gasteiger partial charge in [-0.2, -0.15) is 0 Å². The predicted octanol–water partition coefficient (Wildman–Crippen LogP) is 2.76. The second kappa shape index (κ2) is 6.35. The Morgan fingerprint density at radius 1 is 1.28 bits per heavy atom. The van der Waals surface area contributed by atoms with E-state index in [1.165, 1.54) is 18.4 Å². The van der Waals surface area contributed by atoms with Crippen LogP contribution in [0.25, 0.3) is 0 Å². The molecule has 1 fully saturated rings. The average Bonchev–Trinajstić information content (AvgIpc) is 3.16. The lowest BCUT2D eigenvalue weighted by Crippen LogP contribution is -2.35. The van der Waals surface area contributed by atoms with Gasteiger partial charge in [-0.3, -0.25) is 0 Å². The van der Waals surface area contributed by atoms with Crippen LogP contribution in [0.3, 0.4) is 0 Å². The van der Waals surface area contributed by atoms with Crippen molar-refractivity contribution in [2.45, 2.75) is 45.1 Å². The van der Waals surface area contributed by atoms with E-state index in [0.29, 0.717) is 18.1 Å². The molecule has 1 unspecified atom stereocenters. The van der Waals surface area contributed by atoms with Gasteiger partial charge in [0.15, 0.2) is 0 Å². The lowest BCUT2D eigenvalue weighted by molar-refractivity contribution is 0.241. The molecule has 1 saturated carbocycles. The summed E-state index contributed by atoms with van der Waals surface area (Å²) >= 11 is 0. The molecule has 100 valence electrons. The second-order valence-electron chi connectivity index (χ2n) is 5.65. The molecule has 18 heavy (non-hydrogen) atoms. The third-order valence-corrected chi connectivity index (χ3v) is 4.18. The monoisotopic (exact) mass is 247 g/mol. The lowest BCUT2D eigenvalue weighted by Gasteiger charge is -2.21. The van der Waals surface area contributed by atoms with Gasteiger partial charge in [0.25, 0.3) is 0 Å². The first-order valence-electron chi connectivity index (χ1n) is 7.16. The minimum atomic E-state index is 0.331. The summed E-state index contributed by atoms with van der Waals surface area (Å²) in [7, 11) is 0. The fraction of sp³-hybridized carbons (Fsp3) is 0.625. The van der Waals surface area contributed by atoms with Gasteiger partial charge >= 0.3 is 0 Å². The third-order valence-electron chi connectivity index (χ3n) is 4.18. The Labute approximate surface area is 110 Å². The van der Waals surface area contributed by atoms with Gasteiger partial charge < -0.3 is 10.4 Å². The maximum atomic E-state index is 9.07. The molecule has 2 nitrogen and oxygen atoms in total. The van der Waals surface area contributed by atoms with Gasteiger partial charge in [-0.05, 0) is 43.1 Å². The van der Waals surface area contributed by atoms with Crippen LogP contribution in [-0.2, 0) is 6.42 Å². The molecule has 1 aliphatic carbocycles. The average molecular weight is 247 g/mol. The van der Waals surface area contributed by atoms with E-state index >= 15 is 0 Å². The van der Waals surface area contributed by atoms with Crippen molar-refractivity contribution in [2.75, 3.05) is 13.2 Å². The molecule has 0 aliphatic heterocycles. The zero-order chi connectivity index (χ0) is 12.8. The molecule has 1 atom stereocenters. The van der Waals surface area contributed by atoms with Crippen molar-refractivity contribution >= 4 is 0 Å². The van der Waals surface area contributed by atoms with Gasteiger partial charge in [-0.25, -0.2) is 0 Å². The maximum absolute atomic E-state index is 9.07. The highest BCUT2D eigenvalue weighted by Gasteiger charge is 2.41. The van der Waals surface area contributed by atoms with Crippen LogP contribution in [0.5, 0.6) is 0 Å². The van der Waals surface area contributed by atoms with E-state index in [-0.39, 0.29) is 0 Å². The number of nitrogens with one attached hydrogen (secondary N) is 1. The Hall–Kier alpha value is -0.860. The molecule has 1 aromatic rings. The smallest absolute Gasteiger partial charge is 0.0436 e. The summed E-state index contributed by atoms with van der Waals surface area (Å²) < 4.78 is 0. The summed E-state index contributed by atoms with van der Waals surface area (Å²) in [4.78, 5) is 0. The van der Waals surface area contributed by atoms with Crippen molar-refractivity contribution in [3.8, 4) is 0 Å². The van der Waals surface area contributed by atoms with E-state index in [1.807, 2.05) is 0 Å². The normalized spacial score (nSPS) is 18.6. The summed E-state index contributed by atoms with van der Waals surface area (Å²) in [5, 5.41) is 12.8. The molecule has 1 aromatic carbocycles. The second-order valence-corrected chi connectivity index (χ2v) is 5.65. The highest BCUT2D eigenvalue weighted by molar-refractivity contribution is 5.15. The number of hydrogen-bond acceptors (Lipinski definition) is 2. The zero-order valence-electron chi connectivity index (χ0n) is 11.4. The van der Waals surface area contributed by atoms with Crippen molar-refractivity contribution < 1.29 is 5.11 Å². The van der Waals surface area contributed by atoms with Crippen LogP contribution in [0, 0.1) is 5.41 Å². The Balaban J connectivity index is 1.79. The molecule has 0 bridgehead atoms. The highest BCUT2D eigenvalue weighted by Crippen LogP contribution is 2.48. The summed E-state index contributed by atoms with van der Waals surface area (Å²) in [5.74, 6) is 0. The number of rotatable bonds is 8. The van der Waals surface area contributed by atoms with E-state index < -0.39 is 0 Å². The number of benzene rings is 1. The predicted molar refractivity (Wildman–Crippen MR) is 75.6 cm³/mol. The molecule has 0 heterocycles. The minimum Gasteiger partial charge on any atom is -0.396 e. The number of hydrogen-bond donors (Lipinski definition) is 2. The van der Waals surface area contributed by atoms with Gasteiger partial charge in [-0.15, -0.1) is 0 Å². The fourth-order valence-corrected chi connectivity index (χ4v) is 2.55. The molecule has 2 N–H and O–H groups in total. The van der Waals surface area contributed by atoms with Gasteiger partial charge in [0.1, 0.15) is 0 Å². The fourth-order valence-electron chi connectivity index (χ4n) is 2.55. The van der Waals surface area contributed by atoms with Gasteiger partial charge in [0.2, 0.25) is 0 Å². The SMILES string of the molecule is CCC(Cc1ccccc1)NCC1(CCO)CC1. The standard InChI is InChI=1S/C16H25NO/c1-2-15(12-14-6-4-3-5-7-14)17-13-16(8-9-16)10-11-18/h3-7,15,17-18H,2,8-13H2,1H3. The van der Waals surface area contributed by atoms with Crippen LogP contribution in [0.1, 0.15) is 38.2 Å². The molecule has 0 aromatic heterocycles. The maximum Gasteiger partial charge on any atom is 0.0436 e. The van der Waals surface area contributed by atoms with Crippen LogP contribution in [-0.4, -0.2) is 24.3 Å². The molecule has 0 amide bonds. The van der Waals surface area contributed by atoms with Gasteiger partial charge in [-0.1, -0.05) is 37.3 Å². The Bertz CT molecular complexity index is 345. The number of aliphatic hydroxyl groups is 1. The summed E-state index contributed by atoms with van der Waals surface area (Å²) in [6, 6.07) is 11.2. The third kappa shape index (κ3) is 3.82. The summed E-state index contributed by atoms with van der Waals surface area (Å²) in [6.45, 7) is 3.64. The van der Waals surface area contributed by atoms with Crippen LogP contribution in [0.4, 0.5) is 0 Å². The van der Waals surface area contributed by atoms with Crippen LogP contribution in [0.15, 0.2) is 30.3 Å². The molecule has 2 heteroatoms. The topological polar surface area (TPSA) is 32.3 Å². The molecular formula is C16H25NO. The van der Waals surface area contributed by atoms with Crippen molar-refractivity contribution in [2.24, 2.45) is 5.41 Å². The van der Waals surface area contributed by atoms with Crippen LogP contribution < -0.4 is 5.32 Å². The van der Waals surface area contributed by atoms with Crippen LogP contribution in [0.2, 0.25) is 0 Å². The van der Waals surface area contributed by atoms with E-state index in [2.05, 4.69) is 42.6 Å². The lowest BCUT2D eigenvalue weighted by atomic mass is 10.00. The zero-order valence-corrected chi connectivity index (χ0v) is 11.4. The Kier molecular flexibility index (Phi) is 4.79. The minimum absolute atomic E-state index is 0.331. The molecular weight excluding hydrogens is 222 g/mol. The Morgan fingerprint density at radius 2 is 2.00 bits per heavy atom. The molecule has 1 aliphatic rings. The van der Waals surface area contributed by atoms with E-state index in [4.69, 9.17) is 5.11 Å². The van der Waals surface area contributed by atoms with E-state index in [9.17, 15) is 0 Å². The Morgan fingerprint density at radius 3 is 2.56 bits per heavy atom. The quantitative estimate of drug-likeness (QED) is 0.740. The van der Waals surface area contributed by atoms with Crippen molar-refractivity contribution in [3.05, 3.63) is 35.9 Å². The first-order chi connectivity index (χ1) is 8.78. The first-order valence-corrected chi connectivity index (χ1v) is 7.16. The van der Waals surface area contributed by atoms with Gasteiger partial charge in [0, 0.05) is 19.2 Å². The van der Waals surface area contributed by atoms with Crippen molar-refractivity contribution in [1.82, 2.24) is 5.32 Å². The largest absolute Gasteiger partial charge is 0.396 e. The molecule has 0 spiro atoms. The van der Waals surface area contributed by atoms with E-state index in [0.717, 1.165) is 25.8 Å². The summed E-state index contributed by atoms with van der Waals surface area (Å²) in [5.41, 5.74) is 1.82. The van der Waals surface area contributed by atoms with Crippen molar-refractivity contribution in [3.63, 3.8) is 0 Å². The molecule has 0 saturated heterocycles.